The summed E-state index contributed by atoms with van der Waals surface area (Å²) in [5.41, 5.74) is 0. The van der Waals surface area contributed by atoms with Crippen LogP contribution in [0.2, 0.25) is 0 Å². The van der Waals surface area contributed by atoms with Gasteiger partial charge < -0.3 is 4.74 Å². The van der Waals surface area contributed by atoms with Crippen LogP contribution in [0.15, 0.2) is 35.2 Å². The van der Waals surface area contributed by atoms with Crippen LogP contribution in [-0.4, -0.2) is 26.7 Å². The van der Waals surface area contributed by atoms with Crippen molar-refractivity contribution in [2.75, 3.05) is 12.4 Å². The highest BCUT2D eigenvalue weighted by molar-refractivity contribution is 7.91. The highest BCUT2D eigenvalue weighted by Gasteiger charge is 2.16. The van der Waals surface area contributed by atoms with Gasteiger partial charge in [-0.2, -0.15) is 0 Å². The summed E-state index contributed by atoms with van der Waals surface area (Å²) in [6.07, 6.45) is -0.106. The molecule has 0 aliphatic carbocycles. The number of benzene rings is 1. The molecule has 0 bridgehead atoms. The second-order valence-corrected chi connectivity index (χ2v) is 5.30. The fourth-order valence-electron chi connectivity index (χ4n) is 1.20. The number of carbonyl (C=O) groups excluding carboxylic acids is 1. The van der Waals surface area contributed by atoms with Crippen LogP contribution in [0.5, 0.6) is 0 Å². The zero-order valence-electron chi connectivity index (χ0n) is 9.05. The molecule has 5 heteroatoms. The van der Waals surface area contributed by atoms with E-state index < -0.39 is 15.8 Å². The molecule has 0 atom stereocenters. The van der Waals surface area contributed by atoms with Crippen molar-refractivity contribution in [1.82, 2.24) is 0 Å². The van der Waals surface area contributed by atoms with Crippen molar-refractivity contribution in [2.45, 2.75) is 18.2 Å². The first-order valence-corrected chi connectivity index (χ1v) is 6.65. The van der Waals surface area contributed by atoms with Gasteiger partial charge >= 0.3 is 5.97 Å². The number of hydrogen-bond acceptors (Lipinski definition) is 4. The van der Waals surface area contributed by atoms with Crippen molar-refractivity contribution in [1.29, 1.82) is 0 Å². The second-order valence-electron chi connectivity index (χ2n) is 3.19. The Morgan fingerprint density at radius 3 is 2.44 bits per heavy atom. The normalized spacial score (nSPS) is 11.1. The van der Waals surface area contributed by atoms with Crippen LogP contribution in [0, 0.1) is 0 Å². The van der Waals surface area contributed by atoms with Crippen LogP contribution in [0.1, 0.15) is 13.3 Å². The van der Waals surface area contributed by atoms with E-state index in [1.807, 2.05) is 0 Å². The number of carbonyl (C=O) groups is 1. The Morgan fingerprint density at radius 1 is 1.25 bits per heavy atom. The fraction of sp³-hybridized carbons (Fsp3) is 0.364. The molecule has 0 saturated carbocycles. The zero-order chi connectivity index (χ0) is 12.0. The van der Waals surface area contributed by atoms with Crippen LogP contribution in [-0.2, 0) is 19.4 Å². The SMILES string of the molecule is CCOC(=O)CCS(=O)(=O)c1ccccc1. The zero-order valence-corrected chi connectivity index (χ0v) is 9.87. The molecule has 0 aromatic heterocycles. The average molecular weight is 242 g/mol. The highest BCUT2D eigenvalue weighted by Crippen LogP contribution is 2.11. The van der Waals surface area contributed by atoms with E-state index in [1.54, 1.807) is 25.1 Å². The Labute approximate surface area is 95.2 Å². The van der Waals surface area contributed by atoms with E-state index >= 15 is 0 Å². The largest absolute Gasteiger partial charge is 0.466 e. The van der Waals surface area contributed by atoms with Crippen molar-refractivity contribution in [3.8, 4) is 0 Å². The van der Waals surface area contributed by atoms with E-state index in [2.05, 4.69) is 4.74 Å². The number of sulfone groups is 1. The van der Waals surface area contributed by atoms with Gasteiger partial charge in [-0.25, -0.2) is 8.42 Å². The van der Waals surface area contributed by atoms with E-state index in [-0.39, 0.29) is 23.7 Å². The van der Waals surface area contributed by atoms with Crippen LogP contribution in [0.25, 0.3) is 0 Å². The summed E-state index contributed by atoms with van der Waals surface area (Å²) >= 11 is 0. The maximum atomic E-state index is 11.7. The van der Waals surface area contributed by atoms with Gasteiger partial charge in [0, 0.05) is 0 Å². The number of rotatable bonds is 5. The van der Waals surface area contributed by atoms with E-state index in [1.165, 1.54) is 12.1 Å². The Morgan fingerprint density at radius 2 is 1.88 bits per heavy atom. The lowest BCUT2D eigenvalue weighted by molar-refractivity contribution is -0.142. The molecule has 0 radical (unpaired) electrons. The summed E-state index contributed by atoms with van der Waals surface area (Å²) in [7, 11) is -3.37. The molecule has 0 fully saturated rings. The standard InChI is InChI=1S/C11H14O4S/c1-2-15-11(12)8-9-16(13,14)10-6-4-3-5-7-10/h3-7H,2,8-9H2,1H3. The number of esters is 1. The topological polar surface area (TPSA) is 60.4 Å². The van der Waals surface area contributed by atoms with Gasteiger partial charge in [-0.3, -0.25) is 4.79 Å². The van der Waals surface area contributed by atoms with Gasteiger partial charge in [-0.1, -0.05) is 18.2 Å². The van der Waals surface area contributed by atoms with Gasteiger partial charge in [0.2, 0.25) is 0 Å². The molecule has 0 heterocycles. The van der Waals surface area contributed by atoms with Crippen LogP contribution >= 0.6 is 0 Å². The number of ether oxygens (including phenoxy) is 1. The monoisotopic (exact) mass is 242 g/mol. The molecule has 0 aliphatic rings. The third kappa shape index (κ3) is 3.66. The van der Waals surface area contributed by atoms with Crippen molar-refractivity contribution >= 4 is 15.8 Å². The summed E-state index contributed by atoms with van der Waals surface area (Å²) in [6.45, 7) is 1.95. The predicted octanol–water partition coefficient (Wildman–Crippen LogP) is 1.41. The quantitative estimate of drug-likeness (QED) is 0.732. The molecule has 88 valence electrons. The lowest BCUT2D eigenvalue weighted by Crippen LogP contribution is -2.13. The molecule has 16 heavy (non-hydrogen) atoms. The Balaban J connectivity index is 2.64. The smallest absolute Gasteiger partial charge is 0.306 e. The summed E-state index contributed by atoms with van der Waals surface area (Å²) in [4.78, 5) is 11.3. The lowest BCUT2D eigenvalue weighted by atomic mass is 10.4. The van der Waals surface area contributed by atoms with Gasteiger partial charge in [-0.05, 0) is 19.1 Å². The summed E-state index contributed by atoms with van der Waals surface area (Å²) in [6, 6.07) is 8.07. The molecule has 0 N–H and O–H groups in total. The van der Waals surface area contributed by atoms with Crippen molar-refractivity contribution in [2.24, 2.45) is 0 Å². The molecule has 0 amide bonds. The second kappa shape index (κ2) is 5.65. The van der Waals surface area contributed by atoms with Crippen molar-refractivity contribution < 1.29 is 17.9 Å². The number of hydrogen-bond donors (Lipinski definition) is 0. The minimum atomic E-state index is -3.37. The fourth-order valence-corrected chi connectivity index (χ4v) is 2.44. The summed E-state index contributed by atoms with van der Waals surface area (Å²) < 4.78 is 28.1. The molecule has 1 rings (SSSR count). The Kier molecular flexibility index (Phi) is 4.49. The molecule has 1 aromatic carbocycles. The molecule has 0 spiro atoms. The third-order valence-electron chi connectivity index (χ3n) is 1.98. The first kappa shape index (κ1) is 12.7. The third-order valence-corrected chi connectivity index (χ3v) is 3.71. The molecule has 0 saturated heterocycles. The Bertz CT molecular complexity index is 436. The van der Waals surface area contributed by atoms with E-state index in [0.29, 0.717) is 0 Å². The average Bonchev–Trinajstić information content (AvgIpc) is 2.28. The minimum absolute atomic E-state index is 0.106. The van der Waals surface area contributed by atoms with Crippen LogP contribution in [0.3, 0.4) is 0 Å². The van der Waals surface area contributed by atoms with Gasteiger partial charge in [0.15, 0.2) is 9.84 Å². The van der Waals surface area contributed by atoms with Crippen LogP contribution < -0.4 is 0 Å². The predicted molar refractivity (Wildman–Crippen MR) is 59.7 cm³/mol. The maximum absolute atomic E-state index is 11.7. The summed E-state index contributed by atoms with van der Waals surface area (Å²) in [5.74, 6) is -0.697. The van der Waals surface area contributed by atoms with Crippen molar-refractivity contribution in [3.63, 3.8) is 0 Å². The first-order chi connectivity index (χ1) is 7.56. The van der Waals surface area contributed by atoms with Gasteiger partial charge in [0.05, 0.1) is 23.7 Å². The summed E-state index contributed by atoms with van der Waals surface area (Å²) in [5, 5.41) is 0. The molecular weight excluding hydrogens is 228 g/mol. The van der Waals surface area contributed by atoms with Crippen molar-refractivity contribution in [3.05, 3.63) is 30.3 Å². The highest BCUT2D eigenvalue weighted by atomic mass is 32.2. The van der Waals surface area contributed by atoms with E-state index in [4.69, 9.17) is 0 Å². The lowest BCUT2D eigenvalue weighted by Gasteiger charge is -2.04. The van der Waals surface area contributed by atoms with Gasteiger partial charge in [0.25, 0.3) is 0 Å². The minimum Gasteiger partial charge on any atom is -0.466 e. The molecular formula is C11H14O4S. The van der Waals surface area contributed by atoms with Gasteiger partial charge in [0.1, 0.15) is 0 Å². The molecule has 0 aliphatic heterocycles. The molecule has 4 nitrogen and oxygen atoms in total. The maximum Gasteiger partial charge on any atom is 0.306 e. The molecule has 0 unspecified atom stereocenters. The first-order valence-electron chi connectivity index (χ1n) is 4.99. The van der Waals surface area contributed by atoms with Gasteiger partial charge in [-0.15, -0.1) is 0 Å². The Hall–Kier alpha value is -1.36. The molecule has 1 aromatic rings. The van der Waals surface area contributed by atoms with Crippen LogP contribution in [0.4, 0.5) is 0 Å². The van der Waals surface area contributed by atoms with E-state index in [9.17, 15) is 13.2 Å². The van der Waals surface area contributed by atoms with E-state index in [0.717, 1.165) is 0 Å².